The first-order valence-electron chi connectivity index (χ1n) is 8.00. The molecule has 0 bridgehead atoms. The van der Waals surface area contributed by atoms with Gasteiger partial charge in [0.1, 0.15) is 5.82 Å². The summed E-state index contributed by atoms with van der Waals surface area (Å²) in [4.78, 5) is 23.8. The summed E-state index contributed by atoms with van der Waals surface area (Å²) in [7, 11) is 0. The van der Waals surface area contributed by atoms with Crippen molar-refractivity contribution >= 4 is 29.4 Å². The van der Waals surface area contributed by atoms with E-state index in [4.69, 9.17) is 0 Å². The van der Waals surface area contributed by atoms with Crippen molar-refractivity contribution < 1.29 is 9.59 Å². The SMILES string of the molecule is C=CCn1c(SCC(=O)NC(=O)Nc2ccccc2)nnc1C1CC1. The highest BCUT2D eigenvalue weighted by molar-refractivity contribution is 7.99. The van der Waals surface area contributed by atoms with Crippen LogP contribution in [0.4, 0.5) is 10.5 Å². The summed E-state index contributed by atoms with van der Waals surface area (Å²) in [6.45, 7) is 4.36. The van der Waals surface area contributed by atoms with Gasteiger partial charge in [-0.2, -0.15) is 0 Å². The van der Waals surface area contributed by atoms with E-state index in [1.807, 2.05) is 10.6 Å². The first kappa shape index (κ1) is 17.2. The molecule has 1 fully saturated rings. The van der Waals surface area contributed by atoms with Gasteiger partial charge in [-0.1, -0.05) is 36.0 Å². The fourth-order valence-corrected chi connectivity index (χ4v) is 3.08. The Kier molecular flexibility index (Phi) is 5.49. The maximum atomic E-state index is 12.0. The number of para-hydroxylation sites is 1. The van der Waals surface area contributed by atoms with Crippen molar-refractivity contribution in [3.05, 3.63) is 48.8 Å². The van der Waals surface area contributed by atoms with Crippen molar-refractivity contribution in [2.45, 2.75) is 30.5 Å². The molecule has 1 heterocycles. The minimum atomic E-state index is -0.553. The van der Waals surface area contributed by atoms with Crippen LogP contribution in [-0.2, 0) is 11.3 Å². The predicted octanol–water partition coefficient (Wildman–Crippen LogP) is 2.78. The van der Waals surface area contributed by atoms with Crippen LogP contribution >= 0.6 is 11.8 Å². The number of aromatic nitrogens is 3. The van der Waals surface area contributed by atoms with Crippen LogP contribution in [0, 0.1) is 0 Å². The Hall–Kier alpha value is -2.61. The number of allylic oxidation sites excluding steroid dienone is 1. The molecule has 3 rings (SSSR count). The Morgan fingerprint density at radius 2 is 2.04 bits per heavy atom. The Labute approximate surface area is 149 Å². The third-order valence-corrected chi connectivity index (χ3v) is 4.58. The van der Waals surface area contributed by atoms with Gasteiger partial charge in [-0.25, -0.2) is 4.79 Å². The highest BCUT2D eigenvalue weighted by Crippen LogP contribution is 2.40. The van der Waals surface area contributed by atoms with Crippen molar-refractivity contribution in [1.29, 1.82) is 0 Å². The molecule has 8 heteroatoms. The average molecular weight is 357 g/mol. The van der Waals surface area contributed by atoms with Crippen LogP contribution in [0.25, 0.3) is 0 Å². The monoisotopic (exact) mass is 357 g/mol. The zero-order chi connectivity index (χ0) is 17.6. The summed E-state index contributed by atoms with van der Waals surface area (Å²) in [5.41, 5.74) is 0.625. The topological polar surface area (TPSA) is 88.9 Å². The number of nitrogens with one attached hydrogen (secondary N) is 2. The fraction of sp³-hybridized carbons (Fsp3) is 0.294. The lowest BCUT2D eigenvalue weighted by atomic mass is 10.3. The Morgan fingerprint density at radius 1 is 1.28 bits per heavy atom. The minimum absolute atomic E-state index is 0.0855. The molecule has 2 aromatic rings. The molecule has 1 aliphatic rings. The lowest BCUT2D eigenvalue weighted by Crippen LogP contribution is -2.35. The van der Waals surface area contributed by atoms with Gasteiger partial charge in [-0.3, -0.25) is 10.1 Å². The van der Waals surface area contributed by atoms with E-state index in [1.54, 1.807) is 30.3 Å². The molecule has 0 radical (unpaired) electrons. The molecule has 1 aromatic carbocycles. The van der Waals surface area contributed by atoms with Crippen molar-refractivity contribution in [3.8, 4) is 0 Å². The van der Waals surface area contributed by atoms with E-state index in [2.05, 4.69) is 27.4 Å². The first-order valence-corrected chi connectivity index (χ1v) is 8.98. The maximum absolute atomic E-state index is 12.0. The summed E-state index contributed by atoms with van der Waals surface area (Å²) < 4.78 is 1.98. The molecule has 1 saturated carbocycles. The van der Waals surface area contributed by atoms with Crippen molar-refractivity contribution in [1.82, 2.24) is 20.1 Å². The predicted molar refractivity (Wildman–Crippen MR) is 96.5 cm³/mol. The number of urea groups is 1. The van der Waals surface area contributed by atoms with Crippen molar-refractivity contribution in [3.63, 3.8) is 0 Å². The van der Waals surface area contributed by atoms with Crippen LogP contribution < -0.4 is 10.6 Å². The van der Waals surface area contributed by atoms with Gasteiger partial charge >= 0.3 is 6.03 Å². The fourth-order valence-electron chi connectivity index (χ4n) is 2.33. The van der Waals surface area contributed by atoms with Crippen molar-refractivity contribution in [2.24, 2.45) is 0 Å². The lowest BCUT2D eigenvalue weighted by Gasteiger charge is -2.08. The molecular weight excluding hydrogens is 338 g/mol. The third-order valence-electron chi connectivity index (χ3n) is 3.62. The van der Waals surface area contributed by atoms with Crippen LogP contribution in [0.15, 0.2) is 48.1 Å². The summed E-state index contributed by atoms with van der Waals surface area (Å²) in [5.74, 6) is 1.11. The van der Waals surface area contributed by atoms with Crippen LogP contribution in [0.2, 0.25) is 0 Å². The van der Waals surface area contributed by atoms with Crippen LogP contribution in [0.1, 0.15) is 24.6 Å². The quantitative estimate of drug-likeness (QED) is 0.587. The molecule has 0 unspecified atom stereocenters. The number of carbonyl (C=O) groups is 2. The molecule has 130 valence electrons. The zero-order valence-corrected chi connectivity index (χ0v) is 14.5. The van der Waals surface area contributed by atoms with Gasteiger partial charge in [0.2, 0.25) is 5.91 Å². The second kappa shape index (κ2) is 7.98. The lowest BCUT2D eigenvalue weighted by molar-refractivity contribution is -0.117. The summed E-state index contributed by atoms with van der Waals surface area (Å²) in [5, 5.41) is 14.0. The largest absolute Gasteiger partial charge is 0.325 e. The number of nitrogens with zero attached hydrogens (tertiary/aromatic N) is 3. The second-order valence-electron chi connectivity index (χ2n) is 5.67. The van der Waals surface area contributed by atoms with E-state index >= 15 is 0 Å². The average Bonchev–Trinajstić information content (AvgIpc) is 3.36. The Morgan fingerprint density at radius 3 is 2.72 bits per heavy atom. The minimum Gasteiger partial charge on any atom is -0.308 e. The number of amides is 3. The number of rotatable bonds is 7. The second-order valence-corrected chi connectivity index (χ2v) is 6.61. The molecule has 2 N–H and O–H groups in total. The molecule has 1 aromatic heterocycles. The van der Waals surface area contributed by atoms with Gasteiger partial charge in [0, 0.05) is 18.2 Å². The van der Waals surface area contributed by atoms with Gasteiger partial charge in [-0.05, 0) is 25.0 Å². The number of imide groups is 1. The van der Waals surface area contributed by atoms with E-state index in [1.165, 1.54) is 11.8 Å². The molecule has 0 saturated heterocycles. The molecular formula is C17H19N5O2S. The molecule has 3 amide bonds. The van der Waals surface area contributed by atoms with Crippen molar-refractivity contribution in [2.75, 3.05) is 11.1 Å². The van der Waals surface area contributed by atoms with E-state index in [0.29, 0.717) is 23.3 Å². The van der Waals surface area contributed by atoms with Gasteiger partial charge in [0.15, 0.2) is 5.16 Å². The maximum Gasteiger partial charge on any atom is 0.325 e. The standard InChI is InChI=1S/C17H19N5O2S/c1-2-10-22-15(12-8-9-12)20-21-17(22)25-11-14(23)19-16(24)18-13-6-4-3-5-7-13/h2-7,12H,1,8-11H2,(H2,18,19,23,24). The number of carbonyl (C=O) groups excluding carboxylic acids is 2. The van der Waals surface area contributed by atoms with Gasteiger partial charge < -0.3 is 9.88 Å². The summed E-state index contributed by atoms with van der Waals surface area (Å²) in [6, 6.07) is 8.39. The summed E-state index contributed by atoms with van der Waals surface area (Å²) >= 11 is 1.26. The van der Waals surface area contributed by atoms with E-state index < -0.39 is 6.03 Å². The van der Waals surface area contributed by atoms with E-state index in [-0.39, 0.29) is 11.7 Å². The summed E-state index contributed by atoms with van der Waals surface area (Å²) in [6.07, 6.45) is 4.03. The van der Waals surface area contributed by atoms with Crippen LogP contribution in [-0.4, -0.2) is 32.5 Å². The number of thioether (sulfide) groups is 1. The van der Waals surface area contributed by atoms with Gasteiger partial charge in [-0.15, -0.1) is 16.8 Å². The highest BCUT2D eigenvalue weighted by atomic mass is 32.2. The molecule has 1 aliphatic carbocycles. The number of anilines is 1. The number of benzene rings is 1. The van der Waals surface area contributed by atoms with E-state index in [9.17, 15) is 9.59 Å². The third kappa shape index (κ3) is 4.69. The Bertz CT molecular complexity index is 771. The van der Waals surface area contributed by atoms with Gasteiger partial charge in [0.05, 0.1) is 5.75 Å². The first-order chi connectivity index (χ1) is 12.2. The zero-order valence-electron chi connectivity index (χ0n) is 13.6. The molecule has 25 heavy (non-hydrogen) atoms. The van der Waals surface area contributed by atoms with Crippen LogP contribution in [0.5, 0.6) is 0 Å². The smallest absolute Gasteiger partial charge is 0.308 e. The van der Waals surface area contributed by atoms with Crippen LogP contribution in [0.3, 0.4) is 0 Å². The number of hydrogen-bond acceptors (Lipinski definition) is 5. The number of hydrogen-bond donors (Lipinski definition) is 2. The molecule has 7 nitrogen and oxygen atoms in total. The van der Waals surface area contributed by atoms with E-state index in [0.717, 1.165) is 18.7 Å². The normalized spacial score (nSPS) is 13.3. The van der Waals surface area contributed by atoms with Gasteiger partial charge in [0.25, 0.3) is 0 Å². The molecule has 0 spiro atoms. The molecule has 0 atom stereocenters. The molecule has 0 aliphatic heterocycles. The highest BCUT2D eigenvalue weighted by Gasteiger charge is 2.30. The Balaban J connectivity index is 1.52.